The molecule has 8 heteroatoms. The predicted molar refractivity (Wildman–Crippen MR) is 116 cm³/mol. The Bertz CT molecular complexity index is 1100. The molecule has 0 bridgehead atoms. The molecule has 1 heterocycles. The second-order valence-electron chi connectivity index (χ2n) is 7.38. The summed E-state index contributed by atoms with van der Waals surface area (Å²) in [5.41, 5.74) is 4.15. The molecule has 1 aromatic heterocycles. The summed E-state index contributed by atoms with van der Waals surface area (Å²) in [4.78, 5) is 0. The van der Waals surface area contributed by atoms with E-state index in [1.54, 1.807) is 7.11 Å². The summed E-state index contributed by atoms with van der Waals surface area (Å²) in [5.74, 6) is 2.04. The van der Waals surface area contributed by atoms with Crippen LogP contribution in [0.25, 0.3) is 16.9 Å². The Kier molecular flexibility index (Phi) is 5.78. The molecule has 0 atom stereocenters. The van der Waals surface area contributed by atoms with Crippen LogP contribution in [0.1, 0.15) is 24.5 Å². The van der Waals surface area contributed by atoms with Gasteiger partial charge in [-0.3, -0.25) is 0 Å². The van der Waals surface area contributed by atoms with E-state index in [1.807, 2.05) is 53.2 Å². The van der Waals surface area contributed by atoms with Crippen molar-refractivity contribution in [2.24, 2.45) is 0 Å². The molecule has 7 nitrogen and oxygen atoms in total. The smallest absolute Gasteiger partial charge is 0.208 e. The maximum atomic E-state index is 11.1. The van der Waals surface area contributed by atoms with Crippen LogP contribution in [0.5, 0.6) is 11.5 Å². The average molecular weight is 428 g/mol. The predicted octanol–water partition coefficient (Wildman–Crippen LogP) is 3.35. The number of nitrogens with zero attached hydrogens (tertiary/aromatic N) is 2. The third-order valence-electron chi connectivity index (χ3n) is 4.93. The minimum Gasteiger partial charge on any atom is -0.497 e. The van der Waals surface area contributed by atoms with Gasteiger partial charge in [-0.2, -0.15) is 5.10 Å². The highest BCUT2D eigenvalue weighted by atomic mass is 32.2. The summed E-state index contributed by atoms with van der Waals surface area (Å²) in [7, 11) is -1.55. The van der Waals surface area contributed by atoms with Crippen LogP contribution in [0.3, 0.4) is 0 Å². The van der Waals surface area contributed by atoms with Gasteiger partial charge in [0.05, 0.1) is 30.4 Å². The van der Waals surface area contributed by atoms with E-state index in [9.17, 15) is 8.42 Å². The van der Waals surface area contributed by atoms with Gasteiger partial charge in [0.15, 0.2) is 0 Å². The van der Waals surface area contributed by atoms with Crippen LogP contribution in [-0.2, 0) is 10.0 Å². The Morgan fingerprint density at radius 3 is 2.33 bits per heavy atom. The third-order valence-corrected chi connectivity index (χ3v) is 5.65. The molecule has 1 aliphatic carbocycles. The van der Waals surface area contributed by atoms with Crippen molar-refractivity contribution < 1.29 is 17.9 Å². The van der Waals surface area contributed by atoms with E-state index in [2.05, 4.69) is 10.8 Å². The van der Waals surface area contributed by atoms with Gasteiger partial charge in [-0.05, 0) is 67.4 Å². The standard InChI is InChI=1S/C22H25N3O4S/c1-28-19-11-7-18(8-12-19)25-22(15-21(24-25)16-3-4-16)17-5-9-20(10-6-17)29-14-13-23-30(2,26)27/h5-12,15-16,23H,3-4,13-14H2,1-2H3. The molecule has 1 fully saturated rings. The van der Waals surface area contributed by atoms with E-state index < -0.39 is 10.0 Å². The summed E-state index contributed by atoms with van der Waals surface area (Å²) >= 11 is 0. The summed E-state index contributed by atoms with van der Waals surface area (Å²) in [5, 5.41) is 4.86. The summed E-state index contributed by atoms with van der Waals surface area (Å²) in [6.07, 6.45) is 3.50. The van der Waals surface area contributed by atoms with Crippen molar-refractivity contribution in [3.8, 4) is 28.4 Å². The Morgan fingerprint density at radius 2 is 1.73 bits per heavy atom. The van der Waals surface area contributed by atoms with Crippen LogP contribution in [-0.4, -0.2) is 44.7 Å². The fourth-order valence-corrected chi connectivity index (χ4v) is 3.68. The summed E-state index contributed by atoms with van der Waals surface area (Å²) in [6.45, 7) is 0.498. The lowest BCUT2D eigenvalue weighted by Crippen LogP contribution is -2.26. The van der Waals surface area contributed by atoms with Crippen LogP contribution >= 0.6 is 0 Å². The number of hydrogen-bond acceptors (Lipinski definition) is 5. The molecule has 0 spiro atoms. The van der Waals surface area contributed by atoms with Crippen molar-refractivity contribution in [3.63, 3.8) is 0 Å². The zero-order valence-electron chi connectivity index (χ0n) is 17.0. The maximum absolute atomic E-state index is 11.1. The zero-order valence-corrected chi connectivity index (χ0v) is 17.9. The van der Waals surface area contributed by atoms with E-state index in [4.69, 9.17) is 14.6 Å². The van der Waals surface area contributed by atoms with Gasteiger partial charge >= 0.3 is 0 Å². The fourth-order valence-electron chi connectivity index (χ4n) is 3.22. The molecule has 1 N–H and O–H groups in total. The molecule has 0 amide bonds. The Labute approximate surface area is 176 Å². The molecule has 0 unspecified atom stereocenters. The molecule has 0 radical (unpaired) electrons. The number of methoxy groups -OCH3 is 1. The first-order chi connectivity index (χ1) is 14.4. The van der Waals surface area contributed by atoms with Crippen LogP contribution < -0.4 is 14.2 Å². The van der Waals surface area contributed by atoms with Crippen LogP contribution in [0.4, 0.5) is 0 Å². The quantitative estimate of drug-likeness (QED) is 0.530. The second kappa shape index (κ2) is 8.49. The van der Waals surface area contributed by atoms with Crippen molar-refractivity contribution in [3.05, 3.63) is 60.3 Å². The molecule has 1 aliphatic rings. The number of hydrogen-bond donors (Lipinski definition) is 1. The molecule has 4 rings (SSSR count). The lowest BCUT2D eigenvalue weighted by atomic mass is 10.1. The van der Waals surface area contributed by atoms with Crippen molar-refractivity contribution in [2.75, 3.05) is 26.5 Å². The molecule has 1 saturated carbocycles. The number of nitrogens with one attached hydrogen (secondary N) is 1. The first-order valence-corrected chi connectivity index (χ1v) is 11.7. The monoisotopic (exact) mass is 427 g/mol. The highest BCUT2D eigenvalue weighted by molar-refractivity contribution is 7.88. The topological polar surface area (TPSA) is 82.4 Å². The molecule has 3 aromatic rings. The van der Waals surface area contributed by atoms with E-state index in [-0.39, 0.29) is 13.2 Å². The van der Waals surface area contributed by atoms with Crippen molar-refractivity contribution in [1.29, 1.82) is 0 Å². The molecule has 0 aliphatic heterocycles. The second-order valence-corrected chi connectivity index (χ2v) is 9.21. The van der Waals surface area contributed by atoms with Crippen LogP contribution in [0.2, 0.25) is 0 Å². The van der Waals surface area contributed by atoms with Gasteiger partial charge in [0.2, 0.25) is 10.0 Å². The van der Waals surface area contributed by atoms with E-state index >= 15 is 0 Å². The van der Waals surface area contributed by atoms with Crippen molar-refractivity contribution >= 4 is 10.0 Å². The molecular weight excluding hydrogens is 402 g/mol. The van der Waals surface area contributed by atoms with Gasteiger partial charge in [-0.1, -0.05) is 0 Å². The fraction of sp³-hybridized carbons (Fsp3) is 0.318. The lowest BCUT2D eigenvalue weighted by Gasteiger charge is -2.10. The minimum atomic E-state index is -3.20. The molecule has 0 saturated heterocycles. The lowest BCUT2D eigenvalue weighted by molar-refractivity contribution is 0.323. The number of ether oxygens (including phenoxy) is 2. The van der Waals surface area contributed by atoms with E-state index in [0.717, 1.165) is 34.6 Å². The third kappa shape index (κ3) is 5.01. The van der Waals surface area contributed by atoms with Gasteiger partial charge in [0.25, 0.3) is 0 Å². The highest BCUT2D eigenvalue weighted by Gasteiger charge is 2.27. The van der Waals surface area contributed by atoms with Crippen molar-refractivity contribution in [1.82, 2.24) is 14.5 Å². The average Bonchev–Trinajstić information content (AvgIpc) is 3.50. The number of benzene rings is 2. The number of sulfonamides is 1. The Morgan fingerprint density at radius 1 is 1.07 bits per heavy atom. The normalized spacial score (nSPS) is 13.9. The van der Waals surface area contributed by atoms with E-state index in [1.165, 1.54) is 12.8 Å². The molecular formula is C22H25N3O4S. The van der Waals surface area contributed by atoms with Gasteiger partial charge in [-0.25, -0.2) is 17.8 Å². The SMILES string of the molecule is COc1ccc(-n2nc(C3CC3)cc2-c2ccc(OCCNS(C)(=O)=O)cc2)cc1. The minimum absolute atomic E-state index is 0.232. The Hall–Kier alpha value is -2.84. The van der Waals surface area contributed by atoms with Gasteiger partial charge in [-0.15, -0.1) is 0 Å². The molecule has 158 valence electrons. The van der Waals surface area contributed by atoms with Gasteiger partial charge in [0, 0.05) is 18.0 Å². The highest BCUT2D eigenvalue weighted by Crippen LogP contribution is 2.41. The first kappa shape index (κ1) is 20.4. The largest absolute Gasteiger partial charge is 0.497 e. The molecule has 2 aromatic carbocycles. The van der Waals surface area contributed by atoms with Crippen molar-refractivity contribution in [2.45, 2.75) is 18.8 Å². The first-order valence-electron chi connectivity index (χ1n) is 9.85. The Balaban J connectivity index is 1.54. The van der Waals surface area contributed by atoms with Crippen LogP contribution in [0.15, 0.2) is 54.6 Å². The maximum Gasteiger partial charge on any atom is 0.208 e. The van der Waals surface area contributed by atoms with Crippen LogP contribution in [0, 0.1) is 0 Å². The van der Waals surface area contributed by atoms with Gasteiger partial charge in [0.1, 0.15) is 18.1 Å². The van der Waals surface area contributed by atoms with Gasteiger partial charge < -0.3 is 9.47 Å². The number of rotatable bonds is 9. The van der Waals surface area contributed by atoms with E-state index in [0.29, 0.717) is 11.7 Å². The molecule has 30 heavy (non-hydrogen) atoms. The summed E-state index contributed by atoms with van der Waals surface area (Å²) < 4.78 is 37.5. The zero-order chi connectivity index (χ0) is 21.1. The number of aromatic nitrogens is 2. The summed E-state index contributed by atoms with van der Waals surface area (Å²) in [6, 6.07) is 17.8.